The lowest BCUT2D eigenvalue weighted by Gasteiger charge is -2.38. The Morgan fingerprint density at radius 3 is 2.19 bits per heavy atom. The minimum absolute atomic E-state index is 0.197. The van der Waals surface area contributed by atoms with Crippen molar-refractivity contribution in [2.24, 2.45) is 11.7 Å². The fourth-order valence-corrected chi connectivity index (χ4v) is 3.00. The molecule has 2 N–H and O–H groups in total. The molecule has 1 aliphatic rings. The third kappa shape index (κ3) is 1.89. The Labute approximate surface area is 99.0 Å². The molecule has 0 radical (unpaired) electrons. The Morgan fingerprint density at radius 1 is 1.19 bits per heavy atom. The van der Waals surface area contributed by atoms with Gasteiger partial charge in [0.25, 0.3) is 0 Å². The highest BCUT2D eigenvalue weighted by molar-refractivity contribution is 5.28. The number of benzene rings is 1. The van der Waals surface area contributed by atoms with Crippen LogP contribution in [0.4, 0.5) is 0 Å². The van der Waals surface area contributed by atoms with Crippen LogP contribution in [-0.4, -0.2) is 6.04 Å². The fourth-order valence-electron chi connectivity index (χ4n) is 3.00. The third-order valence-electron chi connectivity index (χ3n) is 4.38. The van der Waals surface area contributed by atoms with E-state index in [0.717, 1.165) is 18.8 Å². The Morgan fingerprint density at radius 2 is 1.75 bits per heavy atom. The number of rotatable bonds is 5. The lowest BCUT2D eigenvalue weighted by Crippen LogP contribution is -2.46. The highest BCUT2D eigenvalue weighted by atomic mass is 14.7. The summed E-state index contributed by atoms with van der Waals surface area (Å²) in [4.78, 5) is 0. The molecule has 0 amide bonds. The highest BCUT2D eigenvalue weighted by Gasteiger charge is 2.43. The summed E-state index contributed by atoms with van der Waals surface area (Å²) < 4.78 is 0. The van der Waals surface area contributed by atoms with Gasteiger partial charge >= 0.3 is 0 Å². The zero-order valence-corrected chi connectivity index (χ0v) is 10.4. The summed E-state index contributed by atoms with van der Waals surface area (Å²) in [6.45, 7) is 4.55. The lowest BCUT2D eigenvalue weighted by atomic mass is 9.69. The molecule has 1 aliphatic carbocycles. The van der Waals surface area contributed by atoms with Gasteiger partial charge in [-0.2, -0.15) is 0 Å². The highest BCUT2D eigenvalue weighted by Crippen LogP contribution is 2.44. The van der Waals surface area contributed by atoms with E-state index < -0.39 is 0 Å². The summed E-state index contributed by atoms with van der Waals surface area (Å²) in [5, 5.41) is 0. The van der Waals surface area contributed by atoms with Crippen LogP contribution < -0.4 is 5.73 Å². The molecule has 1 heteroatoms. The summed E-state index contributed by atoms with van der Waals surface area (Å²) in [5.74, 6) is 0.764. The predicted molar refractivity (Wildman–Crippen MR) is 69.4 cm³/mol. The molecular formula is C15H23N. The lowest BCUT2D eigenvalue weighted by molar-refractivity contribution is 0.292. The SMILES string of the molecule is CCC(CC)(c1ccccc1)C(N)C1CC1. The first-order chi connectivity index (χ1) is 7.74. The number of hydrogen-bond donors (Lipinski definition) is 1. The van der Waals surface area contributed by atoms with Crippen molar-refractivity contribution in [2.75, 3.05) is 0 Å². The van der Waals surface area contributed by atoms with Crippen LogP contribution in [0.3, 0.4) is 0 Å². The Balaban J connectivity index is 2.33. The van der Waals surface area contributed by atoms with Gasteiger partial charge in [-0.3, -0.25) is 0 Å². The van der Waals surface area contributed by atoms with E-state index in [1.807, 2.05) is 0 Å². The van der Waals surface area contributed by atoms with E-state index in [0.29, 0.717) is 6.04 Å². The first kappa shape index (κ1) is 11.7. The maximum Gasteiger partial charge on any atom is 0.0165 e. The van der Waals surface area contributed by atoms with Crippen molar-refractivity contribution in [3.63, 3.8) is 0 Å². The minimum Gasteiger partial charge on any atom is -0.327 e. The molecule has 1 unspecified atom stereocenters. The van der Waals surface area contributed by atoms with Crippen molar-refractivity contribution in [1.82, 2.24) is 0 Å². The Kier molecular flexibility index (Phi) is 3.34. The molecule has 0 bridgehead atoms. The quantitative estimate of drug-likeness (QED) is 0.803. The average Bonchev–Trinajstić information content (AvgIpc) is 3.16. The van der Waals surface area contributed by atoms with Gasteiger partial charge in [0.15, 0.2) is 0 Å². The first-order valence-corrected chi connectivity index (χ1v) is 6.55. The van der Waals surface area contributed by atoms with Crippen LogP contribution in [0.1, 0.15) is 45.1 Å². The fraction of sp³-hybridized carbons (Fsp3) is 0.600. The van der Waals surface area contributed by atoms with Crippen LogP contribution in [0.2, 0.25) is 0 Å². The predicted octanol–water partition coefficient (Wildman–Crippen LogP) is 3.48. The standard InChI is InChI=1S/C15H23N/c1-3-15(4-2,14(16)12-10-11-12)13-8-6-5-7-9-13/h5-9,12,14H,3-4,10-11,16H2,1-2H3. The average molecular weight is 217 g/mol. The van der Waals surface area contributed by atoms with Crippen LogP contribution in [0.15, 0.2) is 30.3 Å². The molecule has 1 aromatic carbocycles. The van der Waals surface area contributed by atoms with Gasteiger partial charge in [0.2, 0.25) is 0 Å². The molecule has 0 spiro atoms. The first-order valence-electron chi connectivity index (χ1n) is 6.55. The van der Waals surface area contributed by atoms with Gasteiger partial charge in [-0.15, -0.1) is 0 Å². The van der Waals surface area contributed by atoms with E-state index in [1.54, 1.807) is 0 Å². The molecule has 1 saturated carbocycles. The summed E-state index contributed by atoms with van der Waals surface area (Å²) >= 11 is 0. The molecule has 0 aromatic heterocycles. The van der Waals surface area contributed by atoms with Crippen molar-refractivity contribution in [1.29, 1.82) is 0 Å². The molecule has 0 aliphatic heterocycles. The smallest absolute Gasteiger partial charge is 0.0165 e. The molecule has 16 heavy (non-hydrogen) atoms. The summed E-state index contributed by atoms with van der Waals surface area (Å²) in [7, 11) is 0. The second-order valence-corrected chi connectivity index (χ2v) is 5.09. The summed E-state index contributed by atoms with van der Waals surface area (Å²) in [5.41, 5.74) is 8.14. The van der Waals surface area contributed by atoms with E-state index in [4.69, 9.17) is 5.73 Å². The van der Waals surface area contributed by atoms with Crippen LogP contribution in [-0.2, 0) is 5.41 Å². The maximum absolute atomic E-state index is 6.51. The number of nitrogens with two attached hydrogens (primary N) is 1. The van der Waals surface area contributed by atoms with Crippen LogP contribution in [0.25, 0.3) is 0 Å². The Hall–Kier alpha value is -0.820. The molecule has 1 atom stereocenters. The Bertz CT molecular complexity index is 323. The largest absolute Gasteiger partial charge is 0.327 e. The van der Waals surface area contributed by atoms with Gasteiger partial charge in [-0.05, 0) is 37.2 Å². The van der Waals surface area contributed by atoms with Gasteiger partial charge in [0, 0.05) is 11.5 Å². The maximum atomic E-state index is 6.51. The van der Waals surface area contributed by atoms with Gasteiger partial charge in [-0.1, -0.05) is 44.2 Å². The molecule has 0 heterocycles. The van der Waals surface area contributed by atoms with E-state index in [9.17, 15) is 0 Å². The van der Waals surface area contributed by atoms with Gasteiger partial charge < -0.3 is 5.73 Å². The van der Waals surface area contributed by atoms with Crippen molar-refractivity contribution < 1.29 is 0 Å². The van der Waals surface area contributed by atoms with Crippen molar-refractivity contribution in [3.8, 4) is 0 Å². The van der Waals surface area contributed by atoms with Crippen molar-refractivity contribution >= 4 is 0 Å². The number of hydrogen-bond acceptors (Lipinski definition) is 1. The molecule has 1 aromatic rings. The molecule has 1 fully saturated rings. The zero-order valence-electron chi connectivity index (χ0n) is 10.4. The van der Waals surface area contributed by atoms with Crippen molar-refractivity contribution in [2.45, 2.75) is 51.0 Å². The molecule has 88 valence electrons. The van der Waals surface area contributed by atoms with Gasteiger partial charge in [0.1, 0.15) is 0 Å². The third-order valence-corrected chi connectivity index (χ3v) is 4.38. The normalized spacial score (nSPS) is 18.4. The second kappa shape index (κ2) is 4.58. The van der Waals surface area contributed by atoms with Crippen LogP contribution in [0.5, 0.6) is 0 Å². The minimum atomic E-state index is 0.197. The van der Waals surface area contributed by atoms with Crippen LogP contribution >= 0.6 is 0 Å². The second-order valence-electron chi connectivity index (χ2n) is 5.09. The monoisotopic (exact) mass is 217 g/mol. The van der Waals surface area contributed by atoms with Gasteiger partial charge in [0.05, 0.1) is 0 Å². The molecular weight excluding hydrogens is 194 g/mol. The van der Waals surface area contributed by atoms with E-state index in [-0.39, 0.29) is 5.41 Å². The van der Waals surface area contributed by atoms with E-state index >= 15 is 0 Å². The molecule has 0 saturated heterocycles. The van der Waals surface area contributed by atoms with E-state index in [1.165, 1.54) is 18.4 Å². The van der Waals surface area contributed by atoms with Crippen molar-refractivity contribution in [3.05, 3.63) is 35.9 Å². The molecule has 2 rings (SSSR count). The molecule has 1 nitrogen and oxygen atoms in total. The summed E-state index contributed by atoms with van der Waals surface area (Å²) in [6, 6.07) is 11.2. The topological polar surface area (TPSA) is 26.0 Å². The van der Waals surface area contributed by atoms with Crippen LogP contribution in [0, 0.1) is 5.92 Å². The van der Waals surface area contributed by atoms with E-state index in [2.05, 4.69) is 44.2 Å². The van der Waals surface area contributed by atoms with Gasteiger partial charge in [-0.25, -0.2) is 0 Å². The zero-order chi connectivity index (χ0) is 11.6. The summed E-state index contributed by atoms with van der Waals surface area (Å²) in [6.07, 6.45) is 4.95.